The Morgan fingerprint density at radius 2 is 1.54 bits per heavy atom. The Labute approximate surface area is 79.5 Å². The molecule has 0 aliphatic heterocycles. The maximum Gasteiger partial charge on any atom is 0.466 e. The first-order valence-electron chi connectivity index (χ1n) is 3.02. The van der Waals surface area contributed by atoms with E-state index in [1.807, 2.05) is 0 Å². The first-order valence-corrected chi connectivity index (χ1v) is 4.97. The lowest BCUT2D eigenvalue weighted by Gasteiger charge is -1.89. The third-order valence-electron chi connectivity index (χ3n) is 0.852. The summed E-state index contributed by atoms with van der Waals surface area (Å²) in [7, 11) is -4.64. The zero-order chi connectivity index (χ0) is 10.5. The summed E-state index contributed by atoms with van der Waals surface area (Å²) in [4.78, 5) is 21.6. The van der Waals surface area contributed by atoms with Crippen LogP contribution < -0.4 is 0 Å². The van der Waals surface area contributed by atoms with Gasteiger partial charge in [-0.15, -0.1) is 0 Å². The molecule has 0 amide bonds. The normalized spacial score (nSPS) is 10.2. The Bertz CT molecular complexity index is 280. The van der Waals surface area contributed by atoms with Crippen LogP contribution in [-0.4, -0.2) is 19.8 Å². The molecule has 0 fully saturated rings. The molecular formula is C6H8ClO5P. The van der Waals surface area contributed by atoms with Crippen LogP contribution in [0.5, 0.6) is 5.75 Å². The molecule has 4 N–H and O–H groups in total. The summed E-state index contributed by atoms with van der Waals surface area (Å²) in [6.45, 7) is 0. The summed E-state index contributed by atoms with van der Waals surface area (Å²) in [5.74, 6) is 0.133. The summed E-state index contributed by atoms with van der Waals surface area (Å²) < 4.78 is 8.88. The predicted octanol–water partition coefficient (Wildman–Crippen LogP) is 1.12. The van der Waals surface area contributed by atoms with E-state index < -0.39 is 7.82 Å². The fraction of sp³-hybridized carbons (Fsp3) is 0. The van der Waals surface area contributed by atoms with E-state index in [9.17, 15) is 0 Å². The van der Waals surface area contributed by atoms with E-state index in [-0.39, 0.29) is 5.75 Å². The molecule has 5 nitrogen and oxygen atoms in total. The molecule has 0 atom stereocenters. The fourth-order valence-corrected chi connectivity index (χ4v) is 0.587. The molecule has 0 saturated heterocycles. The number of hydrogen-bond donors (Lipinski definition) is 4. The largest absolute Gasteiger partial charge is 0.506 e. The number of para-hydroxylation sites is 1. The van der Waals surface area contributed by atoms with E-state index in [2.05, 4.69) is 0 Å². The second-order valence-electron chi connectivity index (χ2n) is 1.96. The Balaban J connectivity index is 0.000000252. The van der Waals surface area contributed by atoms with Crippen LogP contribution in [0.2, 0.25) is 5.02 Å². The standard InChI is InChI=1S/C6H5ClO.H3O4P/c7-5-3-1-2-4-6(5)8;1-5(2,3)4/h1-4,8H;(H3,1,2,3,4). The minimum absolute atomic E-state index is 0.133. The monoisotopic (exact) mass is 226 g/mol. The summed E-state index contributed by atoms with van der Waals surface area (Å²) in [6, 6.07) is 6.67. The van der Waals surface area contributed by atoms with Crippen molar-refractivity contribution in [2.24, 2.45) is 0 Å². The van der Waals surface area contributed by atoms with Crippen molar-refractivity contribution in [3.8, 4) is 5.75 Å². The molecule has 1 aromatic rings. The van der Waals surface area contributed by atoms with Crippen LogP contribution in [0, 0.1) is 0 Å². The zero-order valence-electron chi connectivity index (χ0n) is 6.33. The number of halogens is 1. The second-order valence-corrected chi connectivity index (χ2v) is 3.40. The first kappa shape index (κ1) is 12.4. The van der Waals surface area contributed by atoms with Crippen molar-refractivity contribution >= 4 is 19.4 Å². The van der Waals surface area contributed by atoms with Crippen LogP contribution in [0.4, 0.5) is 0 Å². The van der Waals surface area contributed by atoms with Crippen molar-refractivity contribution in [3.05, 3.63) is 29.3 Å². The molecule has 0 aromatic heterocycles. The van der Waals surface area contributed by atoms with Gasteiger partial charge >= 0.3 is 7.82 Å². The number of benzene rings is 1. The Morgan fingerprint density at radius 3 is 1.77 bits per heavy atom. The summed E-state index contributed by atoms with van der Waals surface area (Å²) in [5.41, 5.74) is 0. The van der Waals surface area contributed by atoms with Gasteiger partial charge in [-0.05, 0) is 12.1 Å². The molecule has 13 heavy (non-hydrogen) atoms. The predicted molar refractivity (Wildman–Crippen MR) is 47.4 cm³/mol. The van der Waals surface area contributed by atoms with Gasteiger partial charge in [0, 0.05) is 0 Å². The molecule has 0 spiro atoms. The van der Waals surface area contributed by atoms with Crippen LogP contribution >= 0.6 is 19.4 Å². The molecule has 0 radical (unpaired) electrons. The van der Waals surface area contributed by atoms with Gasteiger partial charge in [-0.3, -0.25) is 0 Å². The van der Waals surface area contributed by atoms with Gasteiger partial charge in [-0.1, -0.05) is 23.7 Å². The Kier molecular flexibility index (Phi) is 4.98. The molecule has 1 rings (SSSR count). The van der Waals surface area contributed by atoms with Crippen molar-refractivity contribution in [3.63, 3.8) is 0 Å². The number of phenolic OH excluding ortho intramolecular Hbond substituents is 1. The smallest absolute Gasteiger partial charge is 0.466 e. The lowest BCUT2D eigenvalue weighted by atomic mass is 10.3. The van der Waals surface area contributed by atoms with E-state index in [4.69, 9.17) is 36.0 Å². The average Bonchev–Trinajstić information content (AvgIpc) is 1.92. The van der Waals surface area contributed by atoms with Gasteiger partial charge in [0.1, 0.15) is 5.75 Å². The molecule has 0 saturated carbocycles. The van der Waals surface area contributed by atoms with E-state index in [0.29, 0.717) is 5.02 Å². The maximum absolute atomic E-state index is 8.88. The van der Waals surface area contributed by atoms with Gasteiger partial charge in [0.2, 0.25) is 0 Å². The molecule has 0 aliphatic rings. The van der Waals surface area contributed by atoms with Gasteiger partial charge in [0.15, 0.2) is 0 Å². The van der Waals surface area contributed by atoms with E-state index in [1.165, 1.54) is 0 Å². The van der Waals surface area contributed by atoms with Gasteiger partial charge in [0.25, 0.3) is 0 Å². The van der Waals surface area contributed by atoms with Gasteiger partial charge in [-0.2, -0.15) is 0 Å². The minimum atomic E-state index is -4.64. The van der Waals surface area contributed by atoms with E-state index in [0.717, 1.165) is 0 Å². The Morgan fingerprint density at radius 1 is 1.15 bits per heavy atom. The molecule has 7 heteroatoms. The molecule has 0 heterocycles. The lowest BCUT2D eigenvalue weighted by Crippen LogP contribution is -1.66. The average molecular weight is 227 g/mol. The number of rotatable bonds is 0. The zero-order valence-corrected chi connectivity index (χ0v) is 7.98. The molecule has 74 valence electrons. The topological polar surface area (TPSA) is 98.0 Å². The quantitative estimate of drug-likeness (QED) is 0.497. The molecule has 0 unspecified atom stereocenters. The van der Waals surface area contributed by atoms with Crippen LogP contribution in [0.15, 0.2) is 24.3 Å². The number of phenols is 1. The molecule has 0 aliphatic carbocycles. The molecule has 1 aromatic carbocycles. The Hall–Kier alpha value is -0.580. The molecule has 0 bridgehead atoms. The highest BCUT2D eigenvalue weighted by atomic mass is 35.5. The maximum atomic E-state index is 8.88. The van der Waals surface area contributed by atoms with Crippen LogP contribution in [0.3, 0.4) is 0 Å². The highest BCUT2D eigenvalue weighted by Gasteiger charge is 2.00. The van der Waals surface area contributed by atoms with Crippen LogP contribution in [0.25, 0.3) is 0 Å². The number of phosphoric acid groups is 1. The van der Waals surface area contributed by atoms with Crippen molar-refractivity contribution < 1.29 is 24.4 Å². The fourth-order valence-electron chi connectivity index (χ4n) is 0.452. The summed E-state index contributed by atoms with van der Waals surface area (Å²) >= 11 is 5.46. The third kappa shape index (κ3) is 9.33. The first-order chi connectivity index (χ1) is 5.80. The lowest BCUT2D eigenvalue weighted by molar-refractivity contribution is 0.275. The minimum Gasteiger partial charge on any atom is -0.506 e. The van der Waals surface area contributed by atoms with Crippen LogP contribution in [0.1, 0.15) is 0 Å². The highest BCUT2D eigenvalue weighted by molar-refractivity contribution is 7.45. The summed E-state index contributed by atoms with van der Waals surface area (Å²) in [6.07, 6.45) is 0. The van der Waals surface area contributed by atoms with Crippen molar-refractivity contribution in [1.29, 1.82) is 0 Å². The van der Waals surface area contributed by atoms with E-state index >= 15 is 0 Å². The van der Waals surface area contributed by atoms with E-state index in [1.54, 1.807) is 24.3 Å². The van der Waals surface area contributed by atoms with Gasteiger partial charge in [-0.25, -0.2) is 4.57 Å². The molecular weight excluding hydrogens is 218 g/mol. The van der Waals surface area contributed by atoms with Crippen molar-refractivity contribution in [2.45, 2.75) is 0 Å². The van der Waals surface area contributed by atoms with Crippen LogP contribution in [-0.2, 0) is 4.57 Å². The number of hydrogen-bond acceptors (Lipinski definition) is 2. The van der Waals surface area contributed by atoms with Crippen molar-refractivity contribution in [1.82, 2.24) is 0 Å². The SMILES string of the molecule is O=P(O)(O)O.Oc1ccccc1Cl. The number of aromatic hydroxyl groups is 1. The van der Waals surface area contributed by atoms with Crippen molar-refractivity contribution in [2.75, 3.05) is 0 Å². The third-order valence-corrected chi connectivity index (χ3v) is 1.17. The second kappa shape index (κ2) is 5.21. The summed E-state index contributed by atoms with van der Waals surface area (Å²) in [5, 5.41) is 9.18. The van der Waals surface area contributed by atoms with Gasteiger partial charge in [0.05, 0.1) is 5.02 Å². The van der Waals surface area contributed by atoms with Gasteiger partial charge < -0.3 is 19.8 Å². The highest BCUT2D eigenvalue weighted by Crippen LogP contribution is 2.25.